The monoisotopic (exact) mass is 279 g/mol. The topological polar surface area (TPSA) is 57.6 Å². The molecule has 1 aliphatic heterocycles. The Morgan fingerprint density at radius 3 is 2.68 bits per heavy atom. The maximum Gasteiger partial charge on any atom is 0.335 e. The number of hydrogen-bond donors (Lipinski definition) is 1. The molecule has 1 N–H and O–H groups in total. The molecule has 1 aliphatic rings. The number of likely N-dealkylation sites (tertiary alicyclic amines) is 1. The molecule has 1 aromatic carbocycles. The molecule has 1 fully saturated rings. The largest absolute Gasteiger partial charge is 0.478 e. The molecule has 1 amide bonds. The lowest BCUT2D eigenvalue weighted by Gasteiger charge is -2.14. The van der Waals surface area contributed by atoms with Crippen LogP contribution in [0.1, 0.15) is 28.8 Å². The first kappa shape index (κ1) is 13.9. The molecule has 0 radical (unpaired) electrons. The van der Waals surface area contributed by atoms with Crippen LogP contribution in [0.3, 0.4) is 0 Å². The first-order valence-corrected chi connectivity index (χ1v) is 7.50. The van der Waals surface area contributed by atoms with Crippen molar-refractivity contribution in [3.8, 4) is 0 Å². The van der Waals surface area contributed by atoms with Crippen molar-refractivity contribution in [1.29, 1.82) is 0 Å². The van der Waals surface area contributed by atoms with Crippen molar-refractivity contribution in [2.45, 2.75) is 18.6 Å². The Morgan fingerprint density at radius 1 is 1.26 bits per heavy atom. The zero-order valence-electron chi connectivity index (χ0n) is 10.7. The smallest absolute Gasteiger partial charge is 0.335 e. The number of nitrogens with zero attached hydrogens (tertiary/aromatic N) is 1. The minimum Gasteiger partial charge on any atom is -0.478 e. The van der Waals surface area contributed by atoms with Crippen LogP contribution >= 0.6 is 11.8 Å². The molecule has 4 nitrogen and oxygen atoms in total. The van der Waals surface area contributed by atoms with Crippen LogP contribution < -0.4 is 0 Å². The molecule has 1 saturated heterocycles. The second-order valence-corrected chi connectivity index (χ2v) is 5.57. The van der Waals surface area contributed by atoms with Crippen molar-refractivity contribution in [2.24, 2.45) is 0 Å². The fourth-order valence-corrected chi connectivity index (χ4v) is 2.98. The number of carbonyl (C=O) groups excluding carboxylic acids is 1. The molecular weight excluding hydrogens is 262 g/mol. The molecule has 5 heteroatoms. The summed E-state index contributed by atoms with van der Waals surface area (Å²) in [6.45, 7) is 1.77. The summed E-state index contributed by atoms with van der Waals surface area (Å²) in [5.41, 5.74) is 1.24. The Balaban J connectivity index is 1.80. The zero-order chi connectivity index (χ0) is 13.7. The highest BCUT2D eigenvalue weighted by Crippen LogP contribution is 2.16. The zero-order valence-corrected chi connectivity index (χ0v) is 11.5. The Labute approximate surface area is 116 Å². The molecule has 0 saturated carbocycles. The van der Waals surface area contributed by atoms with Gasteiger partial charge in [0, 0.05) is 18.8 Å². The van der Waals surface area contributed by atoms with E-state index in [1.807, 2.05) is 11.0 Å². The van der Waals surface area contributed by atoms with E-state index in [1.54, 1.807) is 18.2 Å². The van der Waals surface area contributed by atoms with Gasteiger partial charge in [-0.15, -0.1) is 11.8 Å². The Kier molecular flexibility index (Phi) is 4.85. The summed E-state index contributed by atoms with van der Waals surface area (Å²) in [6.07, 6.45) is 2.22. The summed E-state index contributed by atoms with van der Waals surface area (Å²) in [4.78, 5) is 24.6. The third-order valence-electron chi connectivity index (χ3n) is 3.13. The van der Waals surface area contributed by atoms with Crippen molar-refractivity contribution in [3.63, 3.8) is 0 Å². The number of rotatable bonds is 5. The fraction of sp³-hybridized carbons (Fsp3) is 0.429. The second kappa shape index (κ2) is 6.61. The third kappa shape index (κ3) is 3.99. The summed E-state index contributed by atoms with van der Waals surface area (Å²) in [7, 11) is 0. The number of benzene rings is 1. The van der Waals surface area contributed by atoms with Crippen LogP contribution in [-0.2, 0) is 10.5 Å². The van der Waals surface area contributed by atoms with Gasteiger partial charge in [-0.2, -0.15) is 0 Å². The molecule has 2 rings (SSSR count). The van der Waals surface area contributed by atoms with Gasteiger partial charge in [0.05, 0.1) is 11.3 Å². The molecule has 1 aromatic rings. The molecular formula is C14H17NO3S. The summed E-state index contributed by atoms with van der Waals surface area (Å²) < 4.78 is 0. The fourth-order valence-electron chi connectivity index (χ4n) is 2.11. The highest BCUT2D eigenvalue weighted by Gasteiger charge is 2.17. The van der Waals surface area contributed by atoms with Gasteiger partial charge >= 0.3 is 5.97 Å². The van der Waals surface area contributed by atoms with Gasteiger partial charge in [-0.05, 0) is 30.5 Å². The van der Waals surface area contributed by atoms with Crippen LogP contribution in [0.25, 0.3) is 0 Å². The molecule has 0 aromatic heterocycles. The van der Waals surface area contributed by atoms with E-state index in [0.717, 1.165) is 31.5 Å². The lowest BCUT2D eigenvalue weighted by atomic mass is 10.1. The van der Waals surface area contributed by atoms with Gasteiger partial charge in [-0.25, -0.2) is 4.79 Å². The van der Waals surface area contributed by atoms with E-state index in [9.17, 15) is 9.59 Å². The minimum absolute atomic E-state index is 0.192. The second-order valence-electron chi connectivity index (χ2n) is 4.59. The van der Waals surface area contributed by atoms with Crippen molar-refractivity contribution in [2.75, 3.05) is 18.8 Å². The molecule has 0 bridgehead atoms. The van der Waals surface area contributed by atoms with Crippen LogP contribution in [0.15, 0.2) is 24.3 Å². The first-order valence-electron chi connectivity index (χ1n) is 6.34. The number of thioether (sulfide) groups is 1. The number of hydrogen-bond acceptors (Lipinski definition) is 3. The highest BCUT2D eigenvalue weighted by molar-refractivity contribution is 7.99. The Morgan fingerprint density at radius 2 is 2.00 bits per heavy atom. The highest BCUT2D eigenvalue weighted by atomic mass is 32.2. The van der Waals surface area contributed by atoms with Crippen LogP contribution in [0.5, 0.6) is 0 Å². The van der Waals surface area contributed by atoms with Gasteiger partial charge in [-0.1, -0.05) is 12.1 Å². The van der Waals surface area contributed by atoms with Crippen molar-refractivity contribution in [3.05, 3.63) is 35.4 Å². The third-order valence-corrected chi connectivity index (χ3v) is 4.12. The number of aromatic carboxylic acids is 1. The van der Waals surface area contributed by atoms with Gasteiger partial charge < -0.3 is 10.0 Å². The van der Waals surface area contributed by atoms with Crippen LogP contribution in [0.4, 0.5) is 0 Å². The molecule has 102 valence electrons. The van der Waals surface area contributed by atoms with E-state index in [2.05, 4.69) is 0 Å². The number of carboxylic acids is 1. The van der Waals surface area contributed by atoms with E-state index in [1.165, 1.54) is 11.8 Å². The molecule has 0 spiro atoms. The minimum atomic E-state index is -0.917. The normalized spacial score (nSPS) is 14.6. The first-order chi connectivity index (χ1) is 9.16. The Bertz CT molecular complexity index is 470. The van der Waals surface area contributed by atoms with E-state index in [0.29, 0.717) is 17.1 Å². The molecule has 1 heterocycles. The van der Waals surface area contributed by atoms with Gasteiger partial charge in [0.2, 0.25) is 5.91 Å². The van der Waals surface area contributed by atoms with Crippen molar-refractivity contribution < 1.29 is 14.7 Å². The molecule has 19 heavy (non-hydrogen) atoms. The van der Waals surface area contributed by atoms with E-state index >= 15 is 0 Å². The van der Waals surface area contributed by atoms with E-state index < -0.39 is 5.97 Å². The van der Waals surface area contributed by atoms with Gasteiger partial charge in [0.1, 0.15) is 0 Å². The number of carbonyl (C=O) groups is 2. The molecule has 0 atom stereocenters. The predicted octanol–water partition coefficient (Wildman–Crippen LogP) is 2.24. The van der Waals surface area contributed by atoms with Crippen LogP contribution in [0.2, 0.25) is 0 Å². The Hall–Kier alpha value is -1.49. The maximum atomic E-state index is 11.8. The SMILES string of the molecule is O=C(O)c1cccc(CSCC(=O)N2CCCC2)c1. The summed E-state index contributed by atoms with van der Waals surface area (Å²) >= 11 is 1.54. The standard InChI is InChI=1S/C14H17NO3S/c16-13(15-6-1-2-7-15)10-19-9-11-4-3-5-12(8-11)14(17)18/h3-5,8H,1-2,6-7,9-10H2,(H,17,18). The van der Waals surface area contributed by atoms with E-state index in [4.69, 9.17) is 5.11 Å². The van der Waals surface area contributed by atoms with Gasteiger partial charge in [-0.3, -0.25) is 4.79 Å². The van der Waals surface area contributed by atoms with Crippen molar-refractivity contribution >= 4 is 23.6 Å². The van der Waals surface area contributed by atoms with Gasteiger partial charge in [0.25, 0.3) is 0 Å². The van der Waals surface area contributed by atoms with Gasteiger partial charge in [0.15, 0.2) is 0 Å². The predicted molar refractivity (Wildman–Crippen MR) is 75.4 cm³/mol. The summed E-state index contributed by atoms with van der Waals surface area (Å²) in [5, 5.41) is 8.90. The van der Waals surface area contributed by atoms with Crippen molar-refractivity contribution in [1.82, 2.24) is 4.90 Å². The molecule has 0 aliphatic carbocycles. The maximum absolute atomic E-state index is 11.8. The quantitative estimate of drug-likeness (QED) is 0.898. The average molecular weight is 279 g/mol. The number of carboxylic acid groups (broad SMARTS) is 1. The summed E-state index contributed by atoms with van der Waals surface area (Å²) in [6, 6.07) is 6.86. The lowest BCUT2D eigenvalue weighted by Crippen LogP contribution is -2.29. The van der Waals surface area contributed by atoms with Crippen LogP contribution in [-0.4, -0.2) is 40.7 Å². The van der Waals surface area contributed by atoms with E-state index in [-0.39, 0.29) is 5.91 Å². The van der Waals surface area contributed by atoms with Crippen LogP contribution in [0, 0.1) is 0 Å². The summed E-state index contributed by atoms with van der Waals surface area (Å²) in [5.74, 6) is 0.412. The molecule has 0 unspecified atom stereocenters. The average Bonchev–Trinajstić information content (AvgIpc) is 2.93. The lowest BCUT2D eigenvalue weighted by molar-refractivity contribution is -0.127. The number of amides is 1.